The molecule has 1 atom stereocenters. The fourth-order valence-electron chi connectivity index (χ4n) is 3.80. The Morgan fingerprint density at radius 2 is 2.00 bits per heavy atom. The molecule has 1 aromatic heterocycles. The molecule has 0 unspecified atom stereocenters. The Morgan fingerprint density at radius 3 is 2.83 bits per heavy atom. The van der Waals surface area contributed by atoms with Crippen LogP contribution in [0.2, 0.25) is 0 Å². The second-order valence-electron chi connectivity index (χ2n) is 7.95. The smallest absolute Gasteiger partial charge is 0.247 e. The molecular formula is C21H25N3O5. The molecule has 8 heteroatoms. The first kappa shape index (κ1) is 18.4. The highest BCUT2D eigenvalue weighted by Crippen LogP contribution is 2.35. The van der Waals surface area contributed by atoms with Crippen molar-refractivity contribution < 1.29 is 23.4 Å². The summed E-state index contributed by atoms with van der Waals surface area (Å²) < 4.78 is 22.2. The number of nitrogens with zero attached hydrogens (tertiary/aromatic N) is 3. The van der Waals surface area contributed by atoms with Crippen molar-refractivity contribution in [3.63, 3.8) is 0 Å². The zero-order chi connectivity index (χ0) is 19.6. The number of carbonyl (C=O) groups is 1. The van der Waals surface area contributed by atoms with Gasteiger partial charge in [0.2, 0.25) is 24.5 Å². The van der Waals surface area contributed by atoms with Crippen LogP contribution in [0.1, 0.15) is 38.0 Å². The molecule has 0 N–H and O–H groups in total. The molecule has 2 aliphatic heterocycles. The number of amides is 1. The number of hydrogen-bond donors (Lipinski definition) is 0. The lowest BCUT2D eigenvalue weighted by Crippen LogP contribution is -2.38. The molecule has 154 valence electrons. The van der Waals surface area contributed by atoms with Crippen LogP contribution in [0.3, 0.4) is 0 Å². The molecule has 0 spiro atoms. The first-order valence-corrected chi connectivity index (χ1v) is 10.4. The Hall–Kier alpha value is -2.61. The van der Waals surface area contributed by atoms with Gasteiger partial charge in [-0.1, -0.05) is 0 Å². The fourth-order valence-corrected chi connectivity index (χ4v) is 3.80. The van der Waals surface area contributed by atoms with Gasteiger partial charge in [-0.05, 0) is 49.8 Å². The molecule has 0 bridgehead atoms. The van der Waals surface area contributed by atoms with Gasteiger partial charge in [0.05, 0.1) is 6.10 Å². The van der Waals surface area contributed by atoms with Gasteiger partial charge in [-0.3, -0.25) is 4.79 Å². The summed E-state index contributed by atoms with van der Waals surface area (Å²) in [6.45, 7) is 2.56. The van der Waals surface area contributed by atoms with E-state index in [1.807, 2.05) is 23.1 Å². The number of benzene rings is 1. The van der Waals surface area contributed by atoms with E-state index in [4.69, 9.17) is 18.6 Å². The minimum Gasteiger partial charge on any atom is -0.454 e. The van der Waals surface area contributed by atoms with Gasteiger partial charge in [0.1, 0.15) is 0 Å². The van der Waals surface area contributed by atoms with Crippen molar-refractivity contribution in [2.45, 2.75) is 44.6 Å². The van der Waals surface area contributed by atoms with Gasteiger partial charge in [-0.25, -0.2) is 0 Å². The molecule has 1 aliphatic carbocycles. The summed E-state index contributed by atoms with van der Waals surface area (Å²) in [6.07, 6.45) is 5.54. The maximum atomic E-state index is 12.8. The van der Waals surface area contributed by atoms with Gasteiger partial charge in [0.25, 0.3) is 0 Å². The van der Waals surface area contributed by atoms with Crippen LogP contribution in [0.15, 0.2) is 22.6 Å². The van der Waals surface area contributed by atoms with E-state index in [-0.39, 0.29) is 18.8 Å². The lowest BCUT2D eigenvalue weighted by Gasteiger charge is -2.25. The monoisotopic (exact) mass is 399 g/mol. The molecule has 3 aliphatic rings. The summed E-state index contributed by atoms with van der Waals surface area (Å²) in [5, 5.41) is 8.23. The van der Waals surface area contributed by atoms with Crippen LogP contribution in [0, 0.1) is 5.92 Å². The number of hydrogen-bond acceptors (Lipinski definition) is 7. The van der Waals surface area contributed by atoms with E-state index < -0.39 is 0 Å². The predicted octanol–water partition coefficient (Wildman–Crippen LogP) is 2.82. The van der Waals surface area contributed by atoms with Gasteiger partial charge in [-0.2, -0.15) is 0 Å². The SMILES string of the molecule is O=C(CCc1nnc(-c2ccc3c(c2)OCO3)o1)N(CC1CC1)C[C@@H]1CCCO1. The first-order valence-electron chi connectivity index (χ1n) is 10.4. The van der Waals surface area contributed by atoms with Crippen LogP contribution in [-0.2, 0) is 16.0 Å². The average molecular weight is 399 g/mol. The third-order valence-electron chi connectivity index (χ3n) is 5.62. The fraction of sp³-hybridized carbons (Fsp3) is 0.571. The quantitative estimate of drug-likeness (QED) is 0.674. The topological polar surface area (TPSA) is 86.9 Å². The maximum Gasteiger partial charge on any atom is 0.247 e. The summed E-state index contributed by atoms with van der Waals surface area (Å²) in [5.41, 5.74) is 0.771. The lowest BCUT2D eigenvalue weighted by atomic mass is 10.2. The number of ether oxygens (including phenoxy) is 3. The largest absolute Gasteiger partial charge is 0.454 e. The number of carbonyl (C=O) groups excluding carboxylic acids is 1. The van der Waals surface area contributed by atoms with Crippen LogP contribution in [-0.4, -0.2) is 53.6 Å². The molecule has 3 heterocycles. The minimum absolute atomic E-state index is 0.134. The molecule has 5 rings (SSSR count). The third kappa shape index (κ3) is 4.37. The molecule has 29 heavy (non-hydrogen) atoms. The van der Waals surface area contributed by atoms with Gasteiger partial charge in [0, 0.05) is 38.1 Å². The van der Waals surface area contributed by atoms with Crippen molar-refractivity contribution in [1.82, 2.24) is 15.1 Å². The lowest BCUT2D eigenvalue weighted by molar-refractivity contribution is -0.133. The first-order chi connectivity index (χ1) is 14.2. The standard InChI is InChI=1S/C21H25N3O5/c25-20(24(11-14-3-4-14)12-16-2-1-9-26-16)8-7-19-22-23-21(29-19)15-5-6-17-18(10-15)28-13-27-17/h5-6,10,14,16H,1-4,7-9,11-13H2/t16-/m0/s1. The third-order valence-corrected chi connectivity index (χ3v) is 5.62. The van der Waals surface area contributed by atoms with Crippen molar-refractivity contribution >= 4 is 5.91 Å². The molecule has 2 fully saturated rings. The number of aromatic nitrogens is 2. The minimum atomic E-state index is 0.134. The molecule has 1 saturated carbocycles. The molecule has 1 saturated heterocycles. The zero-order valence-electron chi connectivity index (χ0n) is 16.3. The maximum absolute atomic E-state index is 12.8. The number of rotatable bonds is 8. The summed E-state index contributed by atoms with van der Waals surface area (Å²) in [7, 11) is 0. The van der Waals surface area contributed by atoms with Crippen molar-refractivity contribution in [3.05, 3.63) is 24.1 Å². The normalized spacial score (nSPS) is 20.2. The van der Waals surface area contributed by atoms with E-state index in [9.17, 15) is 4.79 Å². The van der Waals surface area contributed by atoms with Gasteiger partial charge >= 0.3 is 0 Å². The van der Waals surface area contributed by atoms with Crippen LogP contribution >= 0.6 is 0 Å². The van der Waals surface area contributed by atoms with Gasteiger partial charge in [-0.15, -0.1) is 10.2 Å². The Balaban J connectivity index is 1.19. The van der Waals surface area contributed by atoms with Crippen molar-refractivity contribution in [1.29, 1.82) is 0 Å². The number of aryl methyl sites for hydroxylation is 1. The highest BCUT2D eigenvalue weighted by molar-refractivity contribution is 5.76. The Kier molecular flexibility index (Phi) is 5.10. The van der Waals surface area contributed by atoms with E-state index in [2.05, 4.69) is 10.2 Å². The van der Waals surface area contributed by atoms with E-state index >= 15 is 0 Å². The highest BCUT2D eigenvalue weighted by Gasteiger charge is 2.29. The van der Waals surface area contributed by atoms with E-state index in [0.29, 0.717) is 48.6 Å². The summed E-state index contributed by atoms with van der Waals surface area (Å²) in [6, 6.07) is 5.50. The molecule has 1 amide bonds. The van der Waals surface area contributed by atoms with E-state index in [0.717, 1.165) is 31.6 Å². The summed E-state index contributed by atoms with van der Waals surface area (Å²) in [4.78, 5) is 14.8. The highest BCUT2D eigenvalue weighted by atomic mass is 16.7. The van der Waals surface area contributed by atoms with Crippen molar-refractivity contribution in [2.75, 3.05) is 26.5 Å². The molecule has 2 aromatic rings. The van der Waals surface area contributed by atoms with E-state index in [1.54, 1.807) is 0 Å². The number of fused-ring (bicyclic) bond motifs is 1. The summed E-state index contributed by atoms with van der Waals surface area (Å²) in [5.74, 6) is 3.05. The molecule has 0 radical (unpaired) electrons. The van der Waals surface area contributed by atoms with E-state index in [1.165, 1.54) is 12.8 Å². The van der Waals surface area contributed by atoms with Crippen LogP contribution in [0.4, 0.5) is 0 Å². The van der Waals surface area contributed by atoms with Gasteiger partial charge < -0.3 is 23.5 Å². The van der Waals surface area contributed by atoms with Crippen LogP contribution in [0.25, 0.3) is 11.5 Å². The Morgan fingerprint density at radius 1 is 1.10 bits per heavy atom. The second-order valence-corrected chi connectivity index (χ2v) is 7.95. The predicted molar refractivity (Wildman–Crippen MR) is 102 cm³/mol. The second kappa shape index (κ2) is 8.02. The molecule has 1 aromatic carbocycles. The average Bonchev–Trinajstić information content (AvgIpc) is 3.15. The van der Waals surface area contributed by atoms with Crippen LogP contribution < -0.4 is 9.47 Å². The Bertz CT molecular complexity index is 873. The summed E-state index contributed by atoms with van der Waals surface area (Å²) >= 11 is 0. The van der Waals surface area contributed by atoms with Crippen LogP contribution in [0.5, 0.6) is 11.5 Å². The van der Waals surface area contributed by atoms with Crippen molar-refractivity contribution in [2.24, 2.45) is 5.92 Å². The molecular weight excluding hydrogens is 374 g/mol. The van der Waals surface area contributed by atoms with Gasteiger partial charge in [0.15, 0.2) is 11.5 Å². The Labute approximate surface area is 169 Å². The van der Waals surface area contributed by atoms with Crippen molar-refractivity contribution in [3.8, 4) is 23.0 Å². The molecule has 8 nitrogen and oxygen atoms in total. The zero-order valence-corrected chi connectivity index (χ0v) is 16.3.